The average molecular weight is 287 g/mol. The fraction of sp³-hybridized carbons (Fsp3) is 0.533. The quantitative estimate of drug-likeness (QED) is 0.879. The largest absolute Gasteiger partial charge is 0.396 e. The van der Waals surface area contributed by atoms with Crippen molar-refractivity contribution in [2.24, 2.45) is 5.92 Å². The second-order valence-corrected chi connectivity index (χ2v) is 5.56. The van der Waals surface area contributed by atoms with Gasteiger partial charge < -0.3 is 10.4 Å². The molecule has 1 aliphatic rings. The minimum absolute atomic E-state index is 0.253. The average Bonchev–Trinajstić information content (AvgIpc) is 3.09. The lowest BCUT2D eigenvalue weighted by atomic mass is 10.0. The number of imidazole rings is 1. The molecule has 0 radical (unpaired) electrons. The number of rotatable bonds is 5. The van der Waals surface area contributed by atoms with Crippen LogP contribution in [0.2, 0.25) is 0 Å². The van der Waals surface area contributed by atoms with Gasteiger partial charge in [-0.2, -0.15) is 0 Å². The maximum absolute atomic E-state index is 9.14. The summed E-state index contributed by atoms with van der Waals surface area (Å²) >= 11 is 0. The van der Waals surface area contributed by atoms with Gasteiger partial charge in [0.15, 0.2) is 5.82 Å². The van der Waals surface area contributed by atoms with Crippen LogP contribution in [0.1, 0.15) is 31.5 Å². The number of nitrogens with one attached hydrogen (secondary N) is 1. The number of aromatic nitrogens is 4. The van der Waals surface area contributed by atoms with Gasteiger partial charge in [0.1, 0.15) is 11.6 Å². The number of hydrogen-bond acceptors (Lipinski definition) is 5. The SMILES string of the molecule is Cc1nccn1-c1cncc(NC2CCCC2CCO)n1. The van der Waals surface area contributed by atoms with E-state index in [1.165, 1.54) is 12.8 Å². The fourth-order valence-electron chi connectivity index (χ4n) is 3.09. The van der Waals surface area contributed by atoms with E-state index in [4.69, 9.17) is 5.11 Å². The molecule has 0 aromatic carbocycles. The molecule has 0 bridgehead atoms. The molecule has 2 aromatic rings. The molecule has 1 fully saturated rings. The Balaban J connectivity index is 1.76. The summed E-state index contributed by atoms with van der Waals surface area (Å²) in [6.07, 6.45) is 11.5. The van der Waals surface area contributed by atoms with Gasteiger partial charge in [0.05, 0.1) is 12.4 Å². The van der Waals surface area contributed by atoms with Crippen LogP contribution in [-0.2, 0) is 0 Å². The topological polar surface area (TPSA) is 75.9 Å². The molecular weight excluding hydrogens is 266 g/mol. The third-order valence-electron chi connectivity index (χ3n) is 4.19. The molecule has 0 amide bonds. The Kier molecular flexibility index (Phi) is 4.15. The van der Waals surface area contributed by atoms with E-state index in [1.54, 1.807) is 18.6 Å². The predicted molar refractivity (Wildman–Crippen MR) is 80.3 cm³/mol. The van der Waals surface area contributed by atoms with E-state index in [0.717, 1.165) is 30.3 Å². The first kappa shape index (κ1) is 14.0. The lowest BCUT2D eigenvalue weighted by Gasteiger charge is -2.20. The maximum Gasteiger partial charge on any atom is 0.159 e. The molecule has 1 saturated carbocycles. The highest BCUT2D eigenvalue weighted by molar-refractivity contribution is 5.38. The van der Waals surface area contributed by atoms with Gasteiger partial charge in [0, 0.05) is 25.0 Å². The zero-order chi connectivity index (χ0) is 14.7. The number of aliphatic hydroxyl groups excluding tert-OH is 1. The molecule has 1 aliphatic carbocycles. The standard InChI is InChI=1S/C15H21N5O/c1-11-17-6-7-20(11)15-10-16-9-14(19-15)18-13-4-2-3-12(13)5-8-21/h6-7,9-10,12-13,21H,2-5,8H2,1H3,(H,18,19). The zero-order valence-corrected chi connectivity index (χ0v) is 12.2. The Hall–Kier alpha value is -1.95. The summed E-state index contributed by atoms with van der Waals surface area (Å²) in [4.78, 5) is 13.1. The lowest BCUT2D eigenvalue weighted by Crippen LogP contribution is -2.25. The molecule has 3 rings (SSSR count). The Morgan fingerprint density at radius 2 is 2.29 bits per heavy atom. The van der Waals surface area contributed by atoms with Crippen molar-refractivity contribution >= 4 is 5.82 Å². The van der Waals surface area contributed by atoms with Crippen molar-refractivity contribution in [3.8, 4) is 5.82 Å². The molecular formula is C15H21N5O. The Labute approximate surface area is 124 Å². The van der Waals surface area contributed by atoms with Crippen LogP contribution in [0.3, 0.4) is 0 Å². The smallest absolute Gasteiger partial charge is 0.159 e. The van der Waals surface area contributed by atoms with Crippen LogP contribution in [0.25, 0.3) is 5.82 Å². The molecule has 2 heterocycles. The van der Waals surface area contributed by atoms with Crippen molar-refractivity contribution in [1.29, 1.82) is 0 Å². The van der Waals surface area contributed by atoms with Crippen molar-refractivity contribution in [2.45, 2.75) is 38.6 Å². The van der Waals surface area contributed by atoms with E-state index >= 15 is 0 Å². The summed E-state index contributed by atoms with van der Waals surface area (Å²) < 4.78 is 1.91. The van der Waals surface area contributed by atoms with Crippen LogP contribution in [0.15, 0.2) is 24.8 Å². The number of nitrogens with zero attached hydrogens (tertiary/aromatic N) is 4. The van der Waals surface area contributed by atoms with E-state index < -0.39 is 0 Å². The highest BCUT2D eigenvalue weighted by Crippen LogP contribution is 2.30. The van der Waals surface area contributed by atoms with Crippen molar-refractivity contribution in [3.63, 3.8) is 0 Å². The summed E-state index contributed by atoms with van der Waals surface area (Å²) in [6, 6.07) is 0.380. The maximum atomic E-state index is 9.14. The third-order valence-corrected chi connectivity index (χ3v) is 4.19. The van der Waals surface area contributed by atoms with Crippen LogP contribution >= 0.6 is 0 Å². The highest BCUT2D eigenvalue weighted by atomic mass is 16.3. The van der Waals surface area contributed by atoms with Gasteiger partial charge in [-0.1, -0.05) is 6.42 Å². The van der Waals surface area contributed by atoms with Crippen molar-refractivity contribution in [1.82, 2.24) is 19.5 Å². The molecule has 112 valence electrons. The first-order valence-electron chi connectivity index (χ1n) is 7.47. The Morgan fingerprint density at radius 1 is 1.38 bits per heavy atom. The van der Waals surface area contributed by atoms with Crippen LogP contribution in [0.4, 0.5) is 5.82 Å². The number of hydrogen-bond donors (Lipinski definition) is 2. The van der Waals surface area contributed by atoms with Crippen LogP contribution in [0, 0.1) is 12.8 Å². The minimum Gasteiger partial charge on any atom is -0.396 e. The molecule has 2 N–H and O–H groups in total. The molecule has 2 unspecified atom stereocenters. The molecule has 2 atom stereocenters. The van der Waals surface area contributed by atoms with E-state index in [-0.39, 0.29) is 6.61 Å². The van der Waals surface area contributed by atoms with Gasteiger partial charge in [0.25, 0.3) is 0 Å². The van der Waals surface area contributed by atoms with E-state index in [2.05, 4.69) is 20.3 Å². The molecule has 6 nitrogen and oxygen atoms in total. The summed E-state index contributed by atoms with van der Waals surface area (Å²) in [6.45, 7) is 2.19. The highest BCUT2D eigenvalue weighted by Gasteiger charge is 2.26. The van der Waals surface area contributed by atoms with Crippen LogP contribution in [-0.4, -0.2) is 37.3 Å². The lowest BCUT2D eigenvalue weighted by molar-refractivity contribution is 0.254. The number of aliphatic hydroxyl groups is 1. The summed E-state index contributed by atoms with van der Waals surface area (Å²) in [7, 11) is 0. The summed E-state index contributed by atoms with van der Waals surface area (Å²) in [5.41, 5.74) is 0. The second-order valence-electron chi connectivity index (χ2n) is 5.56. The molecule has 6 heteroatoms. The van der Waals surface area contributed by atoms with Crippen molar-refractivity contribution in [3.05, 3.63) is 30.6 Å². The Bertz CT molecular complexity index is 597. The van der Waals surface area contributed by atoms with Gasteiger partial charge in [-0.15, -0.1) is 0 Å². The van der Waals surface area contributed by atoms with E-state index in [1.807, 2.05) is 17.7 Å². The summed E-state index contributed by atoms with van der Waals surface area (Å²) in [5, 5.41) is 12.6. The summed E-state index contributed by atoms with van der Waals surface area (Å²) in [5.74, 6) is 2.97. The molecule has 0 saturated heterocycles. The van der Waals surface area contributed by atoms with Crippen molar-refractivity contribution in [2.75, 3.05) is 11.9 Å². The fourth-order valence-corrected chi connectivity index (χ4v) is 3.09. The Morgan fingerprint density at radius 3 is 3.05 bits per heavy atom. The van der Waals surface area contributed by atoms with E-state index in [9.17, 15) is 0 Å². The zero-order valence-electron chi connectivity index (χ0n) is 12.2. The second kappa shape index (κ2) is 6.22. The van der Waals surface area contributed by atoms with Crippen molar-refractivity contribution < 1.29 is 5.11 Å². The number of aryl methyl sites for hydroxylation is 1. The van der Waals surface area contributed by atoms with Gasteiger partial charge in [0.2, 0.25) is 0 Å². The molecule has 2 aromatic heterocycles. The number of anilines is 1. The van der Waals surface area contributed by atoms with Gasteiger partial charge in [-0.05, 0) is 32.1 Å². The molecule has 0 aliphatic heterocycles. The van der Waals surface area contributed by atoms with Crippen LogP contribution < -0.4 is 5.32 Å². The normalized spacial score (nSPS) is 21.6. The first-order valence-corrected chi connectivity index (χ1v) is 7.47. The molecule has 0 spiro atoms. The predicted octanol–water partition coefficient (Wildman–Crippen LogP) is 1.93. The van der Waals surface area contributed by atoms with Gasteiger partial charge >= 0.3 is 0 Å². The third kappa shape index (κ3) is 3.05. The van der Waals surface area contributed by atoms with Gasteiger partial charge in [-0.25, -0.2) is 9.97 Å². The van der Waals surface area contributed by atoms with E-state index in [0.29, 0.717) is 12.0 Å². The first-order chi connectivity index (χ1) is 10.3. The van der Waals surface area contributed by atoms with Gasteiger partial charge in [-0.3, -0.25) is 9.55 Å². The van der Waals surface area contributed by atoms with Crippen LogP contribution in [0.5, 0.6) is 0 Å². The monoisotopic (exact) mass is 287 g/mol. The minimum atomic E-state index is 0.253. The molecule has 21 heavy (non-hydrogen) atoms.